The van der Waals surface area contributed by atoms with Crippen LogP contribution in [0, 0.1) is 6.58 Å². The Labute approximate surface area is 68.5 Å². The van der Waals surface area contributed by atoms with Gasteiger partial charge in [-0.3, -0.25) is 0 Å². The van der Waals surface area contributed by atoms with Gasteiger partial charge in [-0.05, 0) is 6.42 Å². The van der Waals surface area contributed by atoms with Crippen molar-refractivity contribution < 1.29 is 0 Å². The maximum atomic E-state index is 5.01. The lowest BCUT2D eigenvalue weighted by Gasteiger charge is -1.72. The molecule has 3 heteroatoms. The average molecular weight is 164 g/mol. The summed E-state index contributed by atoms with van der Waals surface area (Å²) in [5.41, 5.74) is 0. The number of unbranched alkanes of at least 4 members (excludes halogenated alkanes) is 1. The van der Waals surface area contributed by atoms with Crippen molar-refractivity contribution in [2.75, 3.05) is 0 Å². The maximum absolute atomic E-state index is 5.01. The molecule has 0 nitrogen and oxygen atoms in total. The Balaban J connectivity index is 0. The highest BCUT2D eigenvalue weighted by Crippen LogP contribution is 1.81. The van der Waals surface area contributed by atoms with Gasteiger partial charge in [0.1, 0.15) is 0 Å². The molecule has 0 rings (SSSR count). The molecule has 0 aromatic heterocycles. The van der Waals surface area contributed by atoms with Crippen LogP contribution < -0.4 is 0 Å². The molecular formula is C5H9Cl2Mg. The third kappa shape index (κ3) is 27.6. The third-order valence-electron chi connectivity index (χ3n) is 0.455. The van der Waals surface area contributed by atoms with Crippen LogP contribution in [0.5, 0.6) is 0 Å². The SMILES string of the molecule is [CH]=CCCC.[Cl][Mg][Cl]. The van der Waals surface area contributed by atoms with Crippen LogP contribution in [0.15, 0.2) is 6.08 Å². The van der Waals surface area contributed by atoms with Gasteiger partial charge in [-0.1, -0.05) is 26.0 Å². The van der Waals surface area contributed by atoms with Crippen molar-refractivity contribution >= 4 is 36.3 Å². The van der Waals surface area contributed by atoms with Gasteiger partial charge >= 0.3 is 18.2 Å². The van der Waals surface area contributed by atoms with E-state index in [1.54, 1.807) is 6.08 Å². The Morgan fingerprint density at radius 2 is 2.00 bits per heavy atom. The van der Waals surface area contributed by atoms with Gasteiger partial charge in [-0.15, -0.1) is 0 Å². The first-order valence-corrected chi connectivity index (χ1v) is 6.76. The van der Waals surface area contributed by atoms with Crippen LogP contribution in [0.1, 0.15) is 19.8 Å². The molecule has 0 aliphatic heterocycles. The summed E-state index contributed by atoms with van der Waals surface area (Å²) in [6, 6.07) is 0. The van der Waals surface area contributed by atoms with Crippen molar-refractivity contribution in [1.29, 1.82) is 0 Å². The fraction of sp³-hybridized carbons (Fsp3) is 0.600. The zero-order chi connectivity index (χ0) is 6.83. The predicted molar refractivity (Wildman–Crippen MR) is 41.2 cm³/mol. The second-order valence-electron chi connectivity index (χ2n) is 1.13. The molecule has 1 radical (unpaired) electrons. The predicted octanol–water partition coefficient (Wildman–Crippen LogP) is 2.77. The Morgan fingerprint density at radius 3 is 2.00 bits per heavy atom. The quantitative estimate of drug-likeness (QED) is 0.551. The summed E-state index contributed by atoms with van der Waals surface area (Å²) in [6.07, 6.45) is 3.89. The summed E-state index contributed by atoms with van der Waals surface area (Å²) >= 11 is -0.639. The number of hydrogen-bond donors (Lipinski definition) is 0. The molecule has 45 valence electrons. The van der Waals surface area contributed by atoms with E-state index in [0.717, 1.165) is 12.8 Å². The molecule has 0 aromatic carbocycles. The van der Waals surface area contributed by atoms with E-state index in [9.17, 15) is 0 Å². The van der Waals surface area contributed by atoms with Crippen LogP contribution >= 0.6 is 18.1 Å². The van der Waals surface area contributed by atoms with Crippen LogP contribution in [0.25, 0.3) is 0 Å². The Bertz CT molecular complexity index is 39.4. The minimum Gasteiger partial charge on any atom is -0.309 e. The topological polar surface area (TPSA) is 0 Å². The second kappa shape index (κ2) is 15.7. The van der Waals surface area contributed by atoms with Crippen LogP contribution in [0.4, 0.5) is 0 Å². The zero-order valence-corrected chi connectivity index (χ0v) is 7.96. The van der Waals surface area contributed by atoms with Gasteiger partial charge < -0.3 is 18.1 Å². The van der Waals surface area contributed by atoms with Gasteiger partial charge in [0.2, 0.25) is 0 Å². The average Bonchev–Trinajstić information content (AvgIpc) is 1.71. The fourth-order valence-corrected chi connectivity index (χ4v) is 0.167. The van der Waals surface area contributed by atoms with Crippen molar-refractivity contribution in [2.24, 2.45) is 0 Å². The molecule has 0 N–H and O–H groups in total. The van der Waals surface area contributed by atoms with E-state index in [4.69, 9.17) is 24.7 Å². The van der Waals surface area contributed by atoms with Gasteiger partial charge in [-0.25, -0.2) is 0 Å². The smallest absolute Gasteiger partial charge is 0.309 e. The van der Waals surface area contributed by atoms with Crippen LogP contribution in [-0.2, 0) is 0 Å². The Hall–Kier alpha value is 1.09. The van der Waals surface area contributed by atoms with E-state index in [0.29, 0.717) is 0 Å². The lowest BCUT2D eigenvalue weighted by atomic mass is 10.3. The summed E-state index contributed by atoms with van der Waals surface area (Å²) in [6.45, 7) is 7.11. The molecule has 0 aliphatic rings. The monoisotopic (exact) mass is 163 g/mol. The highest BCUT2D eigenvalue weighted by atomic mass is 35.6. The largest absolute Gasteiger partial charge is 0.618 e. The van der Waals surface area contributed by atoms with Crippen LogP contribution in [-0.4, -0.2) is 18.2 Å². The van der Waals surface area contributed by atoms with Gasteiger partial charge in [0.05, 0.1) is 0 Å². The summed E-state index contributed by atoms with van der Waals surface area (Å²) in [4.78, 5) is 0. The van der Waals surface area contributed by atoms with E-state index < -0.39 is 18.2 Å². The normalized spacial score (nSPS) is 5.88. The molecule has 0 aromatic rings. The maximum Gasteiger partial charge on any atom is 0.618 e. The fourth-order valence-electron chi connectivity index (χ4n) is 0.167. The first-order valence-electron chi connectivity index (χ1n) is 2.48. The summed E-state index contributed by atoms with van der Waals surface area (Å²) in [5, 5.41) is 0. The number of rotatable bonds is 2. The zero-order valence-electron chi connectivity index (χ0n) is 5.03. The Morgan fingerprint density at radius 1 is 1.62 bits per heavy atom. The second-order valence-corrected chi connectivity index (χ2v) is 3.75. The molecule has 0 spiro atoms. The molecule has 0 amide bonds. The van der Waals surface area contributed by atoms with Gasteiger partial charge in [-0.2, -0.15) is 0 Å². The molecule has 0 saturated heterocycles. The van der Waals surface area contributed by atoms with E-state index in [2.05, 4.69) is 6.92 Å². The summed E-state index contributed by atoms with van der Waals surface area (Å²) in [5.74, 6) is 0. The molecule has 0 saturated carbocycles. The molecule has 0 atom stereocenters. The highest BCUT2D eigenvalue weighted by Gasteiger charge is 1.64. The highest BCUT2D eigenvalue weighted by molar-refractivity contribution is 7.22. The molecule has 0 unspecified atom stereocenters. The molecular weight excluding hydrogens is 155 g/mol. The lowest BCUT2D eigenvalue weighted by Crippen LogP contribution is -1.52. The third-order valence-corrected chi connectivity index (χ3v) is 0.455. The van der Waals surface area contributed by atoms with E-state index >= 15 is 0 Å². The molecule has 0 aliphatic carbocycles. The summed E-state index contributed by atoms with van der Waals surface area (Å²) in [7, 11) is 9.81. The first kappa shape index (κ1) is 11.8. The van der Waals surface area contributed by atoms with Gasteiger partial charge in [0, 0.05) is 0 Å². The molecule has 0 heterocycles. The summed E-state index contributed by atoms with van der Waals surface area (Å²) < 4.78 is 0. The van der Waals surface area contributed by atoms with Crippen molar-refractivity contribution in [2.45, 2.75) is 19.8 Å². The molecule has 0 fully saturated rings. The van der Waals surface area contributed by atoms with Crippen LogP contribution in [0.3, 0.4) is 0 Å². The van der Waals surface area contributed by atoms with Crippen molar-refractivity contribution in [3.8, 4) is 0 Å². The molecule has 8 heavy (non-hydrogen) atoms. The van der Waals surface area contributed by atoms with E-state index in [1.165, 1.54) is 0 Å². The van der Waals surface area contributed by atoms with Crippen molar-refractivity contribution in [1.82, 2.24) is 0 Å². The van der Waals surface area contributed by atoms with E-state index in [1.807, 2.05) is 0 Å². The number of hydrogen-bond acceptors (Lipinski definition) is 0. The van der Waals surface area contributed by atoms with Crippen molar-refractivity contribution in [3.63, 3.8) is 0 Å². The van der Waals surface area contributed by atoms with Crippen molar-refractivity contribution in [3.05, 3.63) is 12.7 Å². The lowest BCUT2D eigenvalue weighted by molar-refractivity contribution is 0.960. The number of halogens is 2. The van der Waals surface area contributed by atoms with Crippen LogP contribution in [0.2, 0.25) is 0 Å². The first-order chi connectivity index (χ1) is 3.83. The minimum absolute atomic E-state index is 0.639. The van der Waals surface area contributed by atoms with Gasteiger partial charge in [0.15, 0.2) is 0 Å². The minimum atomic E-state index is -0.639. The van der Waals surface area contributed by atoms with E-state index in [-0.39, 0.29) is 0 Å². The van der Waals surface area contributed by atoms with Gasteiger partial charge in [0.25, 0.3) is 0 Å². The number of allylic oxidation sites excluding steroid dienone is 1. The Kier molecular flexibility index (Phi) is 23.2. The molecule has 0 bridgehead atoms. The standard InChI is InChI=1S/C5H9.2ClH.Mg/c1-3-5-4-2;;;/h1,3H,4-5H2,2H3;2*1H;/q;;;+2/p-2.